The molecule has 142 valence electrons. The molecule has 3 heterocycles. The number of nitrogens with zero attached hydrogens (tertiary/aromatic N) is 2. The second-order valence-electron chi connectivity index (χ2n) is 6.76. The topological polar surface area (TPSA) is 61.9 Å². The van der Waals surface area contributed by atoms with Crippen molar-refractivity contribution in [2.24, 2.45) is 0 Å². The molecule has 0 N–H and O–H groups in total. The van der Waals surface area contributed by atoms with Gasteiger partial charge in [-0.25, -0.2) is 0 Å². The van der Waals surface area contributed by atoms with Crippen molar-refractivity contribution in [3.8, 4) is 0 Å². The van der Waals surface area contributed by atoms with E-state index in [2.05, 4.69) is 0 Å². The predicted octanol–water partition coefficient (Wildman–Crippen LogP) is 1.06. The van der Waals surface area contributed by atoms with Gasteiger partial charge < -0.3 is 18.9 Å². The second-order valence-corrected chi connectivity index (χ2v) is 6.76. The third-order valence-electron chi connectivity index (χ3n) is 4.75. The van der Waals surface area contributed by atoms with Crippen molar-refractivity contribution >= 4 is 0 Å². The maximum atomic E-state index is 6.27. The number of methoxy groups -OCH3 is 2. The third-order valence-corrected chi connectivity index (χ3v) is 4.75. The Kier molecular flexibility index (Phi) is 5.38. The van der Waals surface area contributed by atoms with Gasteiger partial charge >= 0.3 is 0 Å². The van der Waals surface area contributed by atoms with Crippen LogP contribution in [-0.2, 0) is 28.6 Å². The average Bonchev–Trinajstić information content (AvgIpc) is 2.88. The molecule has 0 unspecified atom stereocenters. The van der Waals surface area contributed by atoms with Gasteiger partial charge in [0.05, 0.1) is 27.4 Å². The predicted molar refractivity (Wildman–Crippen MR) is 89.0 cm³/mol. The molecule has 0 aromatic carbocycles. The number of likely N-dealkylation sites (N-methyl/N-ethyl adjacent to an activating group) is 2. The van der Waals surface area contributed by atoms with E-state index in [-0.39, 0.29) is 24.3 Å². The van der Waals surface area contributed by atoms with Gasteiger partial charge in [0.25, 0.3) is 0 Å². The van der Waals surface area contributed by atoms with Crippen molar-refractivity contribution in [3.05, 3.63) is 23.7 Å². The first-order valence-corrected chi connectivity index (χ1v) is 8.43. The summed E-state index contributed by atoms with van der Waals surface area (Å²) in [6, 6.07) is -0.474. The summed E-state index contributed by atoms with van der Waals surface area (Å²) >= 11 is 0. The Hall–Kier alpha value is -1.16. The minimum Gasteiger partial charge on any atom is -0.499 e. The Bertz CT molecular complexity index is 503. The molecule has 0 aromatic heterocycles. The molecule has 1 saturated heterocycles. The number of hydroxylamine groups is 4. The fourth-order valence-electron chi connectivity index (χ4n) is 3.69. The Balaban J connectivity index is 1.96. The molecule has 0 saturated carbocycles. The average molecular weight is 356 g/mol. The highest BCUT2D eigenvalue weighted by atomic mass is 16.8. The van der Waals surface area contributed by atoms with Gasteiger partial charge in [0.1, 0.15) is 35.8 Å². The number of rotatable bonds is 4. The third kappa shape index (κ3) is 3.55. The summed E-state index contributed by atoms with van der Waals surface area (Å²) in [6.45, 7) is 4.74. The molecule has 8 heteroatoms. The Labute approximate surface area is 148 Å². The summed E-state index contributed by atoms with van der Waals surface area (Å²) in [5.74, 6) is 0.851. The van der Waals surface area contributed by atoms with Gasteiger partial charge in [-0.1, -0.05) is 0 Å². The molecule has 8 nitrogen and oxygen atoms in total. The maximum absolute atomic E-state index is 6.27. The van der Waals surface area contributed by atoms with E-state index in [0.29, 0.717) is 13.2 Å². The molecule has 3 rings (SSSR count). The van der Waals surface area contributed by atoms with Gasteiger partial charge in [0.2, 0.25) is 0 Å². The fourth-order valence-corrected chi connectivity index (χ4v) is 3.69. The molecule has 0 bridgehead atoms. The molecule has 0 spiro atoms. The quantitative estimate of drug-likeness (QED) is 0.741. The summed E-state index contributed by atoms with van der Waals surface area (Å²) in [5.41, 5.74) is 0. The van der Waals surface area contributed by atoms with Crippen molar-refractivity contribution in [2.45, 2.75) is 43.9 Å². The van der Waals surface area contributed by atoms with Crippen LogP contribution in [0, 0.1) is 0 Å². The number of hydrogen-bond donors (Lipinski definition) is 0. The fraction of sp³-hybridized carbons (Fsp3) is 0.765. The normalized spacial score (nSPS) is 36.7. The van der Waals surface area contributed by atoms with Crippen molar-refractivity contribution in [1.29, 1.82) is 0 Å². The van der Waals surface area contributed by atoms with Crippen LogP contribution in [-0.4, -0.2) is 81.7 Å². The van der Waals surface area contributed by atoms with Gasteiger partial charge in [-0.05, 0) is 26.0 Å². The van der Waals surface area contributed by atoms with Gasteiger partial charge in [0, 0.05) is 14.1 Å². The van der Waals surface area contributed by atoms with Crippen LogP contribution in [0.4, 0.5) is 0 Å². The van der Waals surface area contributed by atoms with Crippen LogP contribution in [0.25, 0.3) is 0 Å². The molecule has 3 aliphatic heterocycles. The van der Waals surface area contributed by atoms with E-state index in [1.165, 1.54) is 0 Å². The van der Waals surface area contributed by atoms with Crippen molar-refractivity contribution in [2.75, 3.05) is 41.5 Å². The van der Waals surface area contributed by atoms with Crippen molar-refractivity contribution in [1.82, 2.24) is 10.1 Å². The Morgan fingerprint density at radius 1 is 0.880 bits per heavy atom. The zero-order valence-corrected chi connectivity index (χ0v) is 15.7. The highest BCUT2D eigenvalue weighted by Crippen LogP contribution is 2.39. The summed E-state index contributed by atoms with van der Waals surface area (Å²) in [4.78, 5) is 11.3. The van der Waals surface area contributed by atoms with Gasteiger partial charge in [0.15, 0.2) is 5.79 Å². The van der Waals surface area contributed by atoms with Crippen LogP contribution >= 0.6 is 0 Å². The van der Waals surface area contributed by atoms with E-state index in [0.717, 1.165) is 11.5 Å². The lowest BCUT2D eigenvalue weighted by Gasteiger charge is -2.40. The SMILES string of the molecule is COC1=CCON(C)[C@@H]1[C@H]1OC(C)(C)O[C@@H]1[C@@H]1C(OC)=CCON1C. The van der Waals surface area contributed by atoms with Crippen molar-refractivity contribution in [3.63, 3.8) is 0 Å². The first-order chi connectivity index (χ1) is 11.9. The molecule has 0 radical (unpaired) electrons. The van der Waals surface area contributed by atoms with E-state index in [4.69, 9.17) is 28.6 Å². The highest BCUT2D eigenvalue weighted by Gasteiger charge is 2.54. The smallest absolute Gasteiger partial charge is 0.163 e. The lowest BCUT2D eigenvalue weighted by molar-refractivity contribution is -0.209. The Morgan fingerprint density at radius 3 is 1.64 bits per heavy atom. The zero-order valence-electron chi connectivity index (χ0n) is 15.7. The van der Waals surface area contributed by atoms with Crippen LogP contribution in [0.1, 0.15) is 13.8 Å². The zero-order chi connectivity index (χ0) is 18.2. The molecule has 0 aliphatic carbocycles. The van der Waals surface area contributed by atoms with E-state index in [1.807, 2.05) is 40.1 Å². The van der Waals surface area contributed by atoms with E-state index in [9.17, 15) is 0 Å². The minimum absolute atomic E-state index is 0.237. The maximum Gasteiger partial charge on any atom is 0.163 e. The molecule has 1 fully saturated rings. The van der Waals surface area contributed by atoms with Crippen LogP contribution in [0.2, 0.25) is 0 Å². The largest absolute Gasteiger partial charge is 0.499 e. The molecule has 0 amide bonds. The second kappa shape index (κ2) is 7.22. The first kappa shape index (κ1) is 18.6. The lowest BCUT2D eigenvalue weighted by Crippen LogP contribution is -2.56. The van der Waals surface area contributed by atoms with E-state index < -0.39 is 5.79 Å². The molecule has 0 aromatic rings. The highest BCUT2D eigenvalue weighted by molar-refractivity contribution is 5.17. The summed E-state index contributed by atoms with van der Waals surface area (Å²) in [5, 5.41) is 3.53. The van der Waals surface area contributed by atoms with Crippen molar-refractivity contribution < 1.29 is 28.6 Å². The van der Waals surface area contributed by atoms with Gasteiger partial charge in [-0.3, -0.25) is 9.68 Å². The number of ether oxygens (including phenoxy) is 4. The first-order valence-electron chi connectivity index (χ1n) is 8.43. The van der Waals surface area contributed by atoms with Crippen LogP contribution < -0.4 is 0 Å². The van der Waals surface area contributed by atoms with Gasteiger partial charge in [-0.2, -0.15) is 10.1 Å². The molecule has 4 atom stereocenters. The molecule has 3 aliphatic rings. The minimum atomic E-state index is -0.746. The van der Waals surface area contributed by atoms with Gasteiger partial charge in [-0.15, -0.1) is 0 Å². The lowest BCUT2D eigenvalue weighted by atomic mass is 9.95. The standard InChI is InChI=1S/C17H28N2O6/c1-17(2)24-15(13-11(20-5)7-9-22-18(13)3)16(25-17)14-12(21-6)8-10-23-19(14)4/h7-8,13-16H,9-10H2,1-6H3/t13-,14-,15+,16+/m0/s1. The molecule has 25 heavy (non-hydrogen) atoms. The Morgan fingerprint density at radius 2 is 1.28 bits per heavy atom. The van der Waals surface area contributed by atoms with Crippen LogP contribution in [0.3, 0.4) is 0 Å². The van der Waals surface area contributed by atoms with E-state index in [1.54, 1.807) is 24.3 Å². The summed E-state index contributed by atoms with van der Waals surface area (Å²) in [7, 11) is 7.06. The summed E-state index contributed by atoms with van der Waals surface area (Å²) in [6.07, 6.45) is 3.17. The monoisotopic (exact) mass is 356 g/mol. The summed E-state index contributed by atoms with van der Waals surface area (Å²) < 4.78 is 23.7. The molecular formula is C17H28N2O6. The molecular weight excluding hydrogens is 328 g/mol. The van der Waals surface area contributed by atoms with Crippen LogP contribution in [0.5, 0.6) is 0 Å². The van der Waals surface area contributed by atoms with Crippen LogP contribution in [0.15, 0.2) is 23.7 Å². The number of hydrogen-bond acceptors (Lipinski definition) is 8. The van der Waals surface area contributed by atoms with E-state index >= 15 is 0 Å².